The molecule has 8 heteroatoms. The first kappa shape index (κ1) is 14.9. The minimum Gasteiger partial charge on any atom is -0.506 e. The van der Waals surface area contributed by atoms with Crippen molar-refractivity contribution >= 4 is 5.69 Å². The molecule has 0 spiro atoms. The SMILES string of the molecule is Oc1ccc(CNc2ccc(OCC(F)(F)F)nc2)nc1. The van der Waals surface area contributed by atoms with Gasteiger partial charge in [-0.15, -0.1) is 0 Å². The molecule has 2 aromatic rings. The monoisotopic (exact) mass is 299 g/mol. The predicted octanol–water partition coefficient (Wildman–Crippen LogP) is 2.74. The number of pyridine rings is 2. The summed E-state index contributed by atoms with van der Waals surface area (Å²) >= 11 is 0. The first-order valence-corrected chi connectivity index (χ1v) is 5.96. The molecule has 0 atom stereocenters. The van der Waals surface area contributed by atoms with Gasteiger partial charge in [0.25, 0.3) is 0 Å². The number of ether oxygens (including phenoxy) is 1. The number of aromatic hydroxyl groups is 1. The van der Waals surface area contributed by atoms with Crippen LogP contribution in [0.15, 0.2) is 36.7 Å². The van der Waals surface area contributed by atoms with Crippen molar-refractivity contribution in [3.8, 4) is 11.6 Å². The summed E-state index contributed by atoms with van der Waals surface area (Å²) in [6.45, 7) is -0.977. The van der Waals surface area contributed by atoms with Crippen LogP contribution in [0.4, 0.5) is 18.9 Å². The van der Waals surface area contributed by atoms with Crippen LogP contribution < -0.4 is 10.1 Å². The Morgan fingerprint density at radius 2 is 1.90 bits per heavy atom. The lowest BCUT2D eigenvalue weighted by atomic mass is 10.3. The fraction of sp³-hybridized carbons (Fsp3) is 0.231. The Morgan fingerprint density at radius 3 is 2.48 bits per heavy atom. The Morgan fingerprint density at radius 1 is 1.10 bits per heavy atom. The number of rotatable bonds is 5. The van der Waals surface area contributed by atoms with Gasteiger partial charge in [0, 0.05) is 6.07 Å². The van der Waals surface area contributed by atoms with E-state index in [1.165, 1.54) is 24.5 Å². The highest BCUT2D eigenvalue weighted by Crippen LogP contribution is 2.18. The Bertz CT molecular complexity index is 571. The van der Waals surface area contributed by atoms with Gasteiger partial charge in [0.15, 0.2) is 6.61 Å². The molecule has 0 saturated carbocycles. The van der Waals surface area contributed by atoms with E-state index in [1.54, 1.807) is 12.1 Å². The van der Waals surface area contributed by atoms with Crippen molar-refractivity contribution in [1.29, 1.82) is 0 Å². The summed E-state index contributed by atoms with van der Waals surface area (Å²) in [5.41, 5.74) is 1.31. The highest BCUT2D eigenvalue weighted by atomic mass is 19.4. The third kappa shape index (κ3) is 5.17. The Balaban J connectivity index is 1.86. The van der Waals surface area contributed by atoms with Crippen molar-refractivity contribution in [1.82, 2.24) is 9.97 Å². The van der Waals surface area contributed by atoms with Crippen LogP contribution >= 0.6 is 0 Å². The van der Waals surface area contributed by atoms with Crippen molar-refractivity contribution in [3.05, 3.63) is 42.4 Å². The summed E-state index contributed by atoms with van der Waals surface area (Å²) in [4.78, 5) is 7.75. The lowest BCUT2D eigenvalue weighted by Gasteiger charge is -2.09. The van der Waals surface area contributed by atoms with Crippen LogP contribution in [0.1, 0.15) is 5.69 Å². The molecule has 0 unspecified atom stereocenters. The molecule has 0 radical (unpaired) electrons. The third-order valence-corrected chi connectivity index (χ3v) is 2.40. The second-order valence-corrected chi connectivity index (χ2v) is 4.15. The van der Waals surface area contributed by atoms with Gasteiger partial charge in [-0.25, -0.2) is 4.98 Å². The molecular weight excluding hydrogens is 287 g/mol. The Kier molecular flexibility index (Phi) is 4.46. The smallest absolute Gasteiger partial charge is 0.422 e. The van der Waals surface area contributed by atoms with Crippen LogP contribution in [0.5, 0.6) is 11.6 Å². The summed E-state index contributed by atoms with van der Waals surface area (Å²) in [6.07, 6.45) is -1.70. The summed E-state index contributed by atoms with van der Waals surface area (Å²) in [7, 11) is 0. The fourth-order valence-corrected chi connectivity index (χ4v) is 1.44. The molecule has 112 valence electrons. The number of aromatic nitrogens is 2. The molecule has 21 heavy (non-hydrogen) atoms. The summed E-state index contributed by atoms with van der Waals surface area (Å²) < 4.78 is 40.4. The van der Waals surface area contributed by atoms with E-state index in [4.69, 9.17) is 5.11 Å². The summed E-state index contributed by atoms with van der Waals surface area (Å²) in [6, 6.07) is 6.06. The number of nitrogens with one attached hydrogen (secondary N) is 1. The van der Waals surface area contributed by atoms with E-state index >= 15 is 0 Å². The number of hydrogen-bond donors (Lipinski definition) is 2. The molecule has 2 heterocycles. The topological polar surface area (TPSA) is 67.3 Å². The number of hydrogen-bond acceptors (Lipinski definition) is 5. The molecule has 0 amide bonds. The van der Waals surface area contributed by atoms with Gasteiger partial charge in [0.2, 0.25) is 5.88 Å². The summed E-state index contributed by atoms with van der Waals surface area (Å²) in [5, 5.41) is 12.1. The van der Waals surface area contributed by atoms with Crippen LogP contribution in [0.3, 0.4) is 0 Å². The quantitative estimate of drug-likeness (QED) is 0.888. The molecule has 0 aliphatic heterocycles. The van der Waals surface area contributed by atoms with Gasteiger partial charge in [0.05, 0.1) is 30.3 Å². The molecule has 0 aliphatic rings. The minimum absolute atomic E-state index is 0.0755. The van der Waals surface area contributed by atoms with E-state index < -0.39 is 12.8 Å². The van der Waals surface area contributed by atoms with E-state index in [0.717, 1.165) is 0 Å². The predicted molar refractivity (Wildman–Crippen MR) is 69.0 cm³/mol. The van der Waals surface area contributed by atoms with E-state index in [0.29, 0.717) is 17.9 Å². The van der Waals surface area contributed by atoms with Gasteiger partial charge < -0.3 is 15.2 Å². The van der Waals surface area contributed by atoms with E-state index in [2.05, 4.69) is 20.0 Å². The average Bonchev–Trinajstić information content (AvgIpc) is 2.45. The molecule has 2 N–H and O–H groups in total. The zero-order chi connectivity index (χ0) is 15.3. The standard InChI is InChI=1S/C13H12F3N3O2/c14-13(15,16)8-21-12-4-2-10(6-19-12)17-5-9-1-3-11(20)7-18-9/h1-4,6-7,17,20H,5,8H2. The maximum Gasteiger partial charge on any atom is 0.422 e. The molecule has 0 bridgehead atoms. The van der Waals surface area contributed by atoms with Gasteiger partial charge in [-0.05, 0) is 18.2 Å². The number of alkyl halides is 3. The number of halogens is 3. The van der Waals surface area contributed by atoms with Crippen LogP contribution in [0.25, 0.3) is 0 Å². The average molecular weight is 299 g/mol. The zero-order valence-corrected chi connectivity index (χ0v) is 10.8. The lowest BCUT2D eigenvalue weighted by molar-refractivity contribution is -0.154. The molecule has 2 rings (SSSR count). The van der Waals surface area contributed by atoms with Crippen molar-refractivity contribution in [2.24, 2.45) is 0 Å². The Hall–Kier alpha value is -2.51. The van der Waals surface area contributed by atoms with Crippen molar-refractivity contribution < 1.29 is 23.0 Å². The lowest BCUT2D eigenvalue weighted by Crippen LogP contribution is -2.19. The molecular formula is C13H12F3N3O2. The van der Waals surface area contributed by atoms with Gasteiger partial charge in [-0.2, -0.15) is 13.2 Å². The molecule has 5 nitrogen and oxygen atoms in total. The first-order valence-electron chi connectivity index (χ1n) is 5.96. The molecule has 0 saturated heterocycles. The van der Waals surface area contributed by atoms with Crippen molar-refractivity contribution in [3.63, 3.8) is 0 Å². The van der Waals surface area contributed by atoms with Gasteiger partial charge in [-0.1, -0.05) is 0 Å². The molecule has 2 aromatic heterocycles. The van der Waals surface area contributed by atoms with Crippen LogP contribution in [0.2, 0.25) is 0 Å². The van der Waals surface area contributed by atoms with Gasteiger partial charge in [-0.3, -0.25) is 4.98 Å². The van der Waals surface area contributed by atoms with Crippen molar-refractivity contribution in [2.45, 2.75) is 12.7 Å². The van der Waals surface area contributed by atoms with E-state index in [-0.39, 0.29) is 11.6 Å². The molecule has 0 aliphatic carbocycles. The summed E-state index contributed by atoms with van der Waals surface area (Å²) in [5.74, 6) is -0.0211. The first-order chi connectivity index (χ1) is 9.92. The van der Waals surface area contributed by atoms with Crippen LogP contribution in [-0.2, 0) is 6.54 Å². The third-order valence-electron chi connectivity index (χ3n) is 2.40. The highest BCUT2D eigenvalue weighted by Gasteiger charge is 2.28. The fourth-order valence-electron chi connectivity index (χ4n) is 1.44. The van der Waals surface area contributed by atoms with Crippen LogP contribution in [0, 0.1) is 0 Å². The second-order valence-electron chi connectivity index (χ2n) is 4.15. The van der Waals surface area contributed by atoms with Gasteiger partial charge in [0.1, 0.15) is 5.75 Å². The van der Waals surface area contributed by atoms with Gasteiger partial charge >= 0.3 is 6.18 Å². The zero-order valence-electron chi connectivity index (χ0n) is 10.8. The molecule has 0 aromatic carbocycles. The van der Waals surface area contributed by atoms with Crippen LogP contribution in [-0.4, -0.2) is 27.9 Å². The van der Waals surface area contributed by atoms with Crippen molar-refractivity contribution in [2.75, 3.05) is 11.9 Å². The maximum absolute atomic E-state index is 12.0. The number of nitrogens with zero attached hydrogens (tertiary/aromatic N) is 2. The minimum atomic E-state index is -4.39. The largest absolute Gasteiger partial charge is 0.506 e. The van der Waals surface area contributed by atoms with E-state index in [9.17, 15) is 13.2 Å². The maximum atomic E-state index is 12.0. The molecule has 0 fully saturated rings. The highest BCUT2D eigenvalue weighted by molar-refractivity contribution is 5.42. The van der Waals surface area contributed by atoms with E-state index in [1.807, 2.05) is 0 Å². The normalized spacial score (nSPS) is 11.2. The Labute approximate surface area is 118 Å². The number of anilines is 1. The second kappa shape index (κ2) is 6.29.